The Morgan fingerprint density at radius 2 is 1.29 bits per heavy atom. The van der Waals surface area contributed by atoms with Crippen molar-refractivity contribution in [1.82, 2.24) is 4.90 Å². The predicted molar refractivity (Wildman–Crippen MR) is 99.7 cm³/mol. The number of hydrogen-bond acceptors (Lipinski definition) is 1. The fourth-order valence-corrected chi connectivity index (χ4v) is 7.32. The highest BCUT2D eigenvalue weighted by atomic mass is 28.3. The van der Waals surface area contributed by atoms with Gasteiger partial charge in [-0.15, -0.1) is 0 Å². The van der Waals surface area contributed by atoms with E-state index in [4.69, 9.17) is 0 Å². The Bertz CT molecular complexity index is 259. The van der Waals surface area contributed by atoms with E-state index in [2.05, 4.69) is 37.8 Å². The molecule has 1 rings (SSSR count). The zero-order valence-corrected chi connectivity index (χ0v) is 16.0. The summed E-state index contributed by atoms with van der Waals surface area (Å²) < 4.78 is 0. The fraction of sp³-hybridized carbons (Fsp3) is 0.895. The largest absolute Gasteiger partial charge is 0.306 e. The molecule has 1 saturated heterocycles. The second kappa shape index (κ2) is 11.5. The highest BCUT2D eigenvalue weighted by Gasteiger charge is 2.29. The van der Waals surface area contributed by atoms with Crippen molar-refractivity contribution in [3.8, 4) is 0 Å². The molecule has 0 unspecified atom stereocenters. The van der Waals surface area contributed by atoms with E-state index >= 15 is 0 Å². The normalized spacial score (nSPS) is 20.5. The Labute approximate surface area is 135 Å². The maximum atomic E-state index is 2.86. The zero-order valence-electron chi connectivity index (χ0n) is 15.0. The number of hydrogen-bond donors (Lipinski definition) is 0. The van der Waals surface area contributed by atoms with Gasteiger partial charge in [0.25, 0.3) is 0 Å². The molecule has 124 valence electrons. The van der Waals surface area contributed by atoms with Crippen molar-refractivity contribution < 1.29 is 0 Å². The molecule has 0 aromatic carbocycles. The monoisotopic (exact) mass is 309 g/mol. The maximum absolute atomic E-state index is 2.86. The summed E-state index contributed by atoms with van der Waals surface area (Å²) in [6.07, 6.45) is 17.8. The van der Waals surface area contributed by atoms with E-state index in [1.807, 2.05) is 0 Å². The molecule has 1 aliphatic rings. The van der Waals surface area contributed by atoms with Gasteiger partial charge in [0.15, 0.2) is 0 Å². The molecule has 0 spiro atoms. The first-order valence-electron chi connectivity index (χ1n) is 9.60. The van der Waals surface area contributed by atoms with Gasteiger partial charge >= 0.3 is 0 Å². The Balaban J connectivity index is 2.58. The molecule has 0 N–H and O–H groups in total. The zero-order chi connectivity index (χ0) is 15.4. The quantitative estimate of drug-likeness (QED) is 0.428. The van der Waals surface area contributed by atoms with Crippen LogP contribution in [0.15, 0.2) is 12.2 Å². The first-order valence-corrected chi connectivity index (χ1v) is 12.4. The minimum absolute atomic E-state index is 1.09. The van der Waals surface area contributed by atoms with Crippen LogP contribution in [-0.2, 0) is 0 Å². The van der Waals surface area contributed by atoms with Crippen LogP contribution in [0.25, 0.3) is 0 Å². The van der Waals surface area contributed by atoms with E-state index in [9.17, 15) is 0 Å². The van der Waals surface area contributed by atoms with Crippen molar-refractivity contribution in [3.63, 3.8) is 0 Å². The van der Waals surface area contributed by atoms with E-state index in [1.165, 1.54) is 88.8 Å². The molecule has 0 aromatic heterocycles. The van der Waals surface area contributed by atoms with Gasteiger partial charge in [-0.2, -0.15) is 0 Å². The van der Waals surface area contributed by atoms with Gasteiger partial charge in [-0.05, 0) is 45.1 Å². The van der Waals surface area contributed by atoms with E-state index in [0.29, 0.717) is 0 Å². The molecule has 0 saturated carbocycles. The SMILES string of the molecule is CC=CC[Si](CC)(CC)CN1CCCCCCCCCC1. The van der Waals surface area contributed by atoms with Crippen LogP contribution in [0.1, 0.15) is 72.1 Å². The summed E-state index contributed by atoms with van der Waals surface area (Å²) in [6.45, 7) is 9.81. The summed E-state index contributed by atoms with van der Waals surface area (Å²) in [5.41, 5.74) is 0. The lowest BCUT2D eigenvalue weighted by Crippen LogP contribution is -2.46. The average molecular weight is 310 g/mol. The summed E-state index contributed by atoms with van der Waals surface area (Å²) in [6, 6.07) is 4.29. The standard InChI is InChI=1S/C19H39NSi/c1-4-7-18-21(5-2,6-3)19-20-16-14-12-10-8-9-11-13-15-17-20/h4,7H,5-6,8-19H2,1-3H3. The van der Waals surface area contributed by atoms with Crippen LogP contribution in [0.5, 0.6) is 0 Å². The van der Waals surface area contributed by atoms with Crippen LogP contribution < -0.4 is 0 Å². The molecule has 0 atom stereocenters. The van der Waals surface area contributed by atoms with E-state index in [0.717, 1.165) is 0 Å². The summed E-state index contributed by atoms with van der Waals surface area (Å²) in [5, 5.41) is 0. The third-order valence-electron chi connectivity index (χ3n) is 5.54. The summed E-state index contributed by atoms with van der Waals surface area (Å²) in [5.74, 6) is 0. The molecule has 1 nitrogen and oxygen atoms in total. The minimum atomic E-state index is -1.09. The van der Waals surface area contributed by atoms with Crippen LogP contribution in [-0.4, -0.2) is 32.2 Å². The molecule has 21 heavy (non-hydrogen) atoms. The Morgan fingerprint density at radius 3 is 1.71 bits per heavy atom. The molecule has 0 amide bonds. The van der Waals surface area contributed by atoms with Gasteiger partial charge < -0.3 is 4.90 Å². The fourth-order valence-electron chi connectivity index (χ4n) is 3.67. The highest BCUT2D eigenvalue weighted by Crippen LogP contribution is 2.24. The number of rotatable bonds is 6. The molecular formula is C19H39NSi. The van der Waals surface area contributed by atoms with Gasteiger partial charge in [-0.25, -0.2) is 0 Å². The molecular weight excluding hydrogens is 270 g/mol. The number of allylic oxidation sites excluding steroid dienone is 2. The third-order valence-corrected chi connectivity index (χ3v) is 10.8. The molecule has 0 aliphatic carbocycles. The Kier molecular flexibility index (Phi) is 10.4. The van der Waals surface area contributed by atoms with Crippen molar-refractivity contribution in [2.24, 2.45) is 0 Å². The summed E-state index contributed by atoms with van der Waals surface area (Å²) in [7, 11) is -1.09. The summed E-state index contributed by atoms with van der Waals surface area (Å²) >= 11 is 0. The van der Waals surface area contributed by atoms with Gasteiger partial charge in [0.05, 0.1) is 8.07 Å². The lowest BCUT2D eigenvalue weighted by Gasteiger charge is -2.35. The molecule has 1 aliphatic heterocycles. The lowest BCUT2D eigenvalue weighted by atomic mass is 10.1. The van der Waals surface area contributed by atoms with Crippen LogP contribution in [0.2, 0.25) is 18.1 Å². The summed E-state index contributed by atoms with van der Waals surface area (Å²) in [4.78, 5) is 2.86. The average Bonchev–Trinajstić information content (AvgIpc) is 2.57. The smallest absolute Gasteiger partial charge is 0.0722 e. The Hall–Kier alpha value is -0.0831. The number of nitrogens with zero attached hydrogens (tertiary/aromatic N) is 1. The van der Waals surface area contributed by atoms with Gasteiger partial charge in [-0.1, -0.05) is 76.6 Å². The molecule has 0 aromatic rings. The van der Waals surface area contributed by atoms with Crippen molar-refractivity contribution in [2.45, 2.75) is 90.3 Å². The first kappa shape index (κ1) is 19.0. The molecule has 0 radical (unpaired) electrons. The molecule has 2 heteroatoms. The Morgan fingerprint density at radius 1 is 0.810 bits per heavy atom. The van der Waals surface area contributed by atoms with Crippen LogP contribution in [0.3, 0.4) is 0 Å². The third kappa shape index (κ3) is 7.65. The lowest BCUT2D eigenvalue weighted by molar-refractivity contribution is 0.297. The van der Waals surface area contributed by atoms with E-state index in [1.54, 1.807) is 0 Å². The molecule has 1 heterocycles. The van der Waals surface area contributed by atoms with Gasteiger partial charge in [0.1, 0.15) is 0 Å². The molecule has 1 fully saturated rings. The second-order valence-electron chi connectivity index (χ2n) is 7.08. The first-order chi connectivity index (χ1) is 10.3. The van der Waals surface area contributed by atoms with Gasteiger partial charge in [-0.3, -0.25) is 0 Å². The van der Waals surface area contributed by atoms with Gasteiger partial charge in [0, 0.05) is 0 Å². The minimum Gasteiger partial charge on any atom is -0.306 e. The van der Waals surface area contributed by atoms with Crippen LogP contribution >= 0.6 is 0 Å². The topological polar surface area (TPSA) is 3.24 Å². The maximum Gasteiger partial charge on any atom is 0.0722 e. The van der Waals surface area contributed by atoms with Crippen LogP contribution in [0, 0.1) is 0 Å². The van der Waals surface area contributed by atoms with E-state index in [-0.39, 0.29) is 0 Å². The van der Waals surface area contributed by atoms with Crippen LogP contribution in [0.4, 0.5) is 0 Å². The van der Waals surface area contributed by atoms with Crippen molar-refractivity contribution in [3.05, 3.63) is 12.2 Å². The van der Waals surface area contributed by atoms with E-state index < -0.39 is 8.07 Å². The predicted octanol–water partition coefficient (Wildman–Crippen LogP) is 6.03. The molecule has 0 bridgehead atoms. The van der Waals surface area contributed by atoms with Crippen molar-refractivity contribution in [1.29, 1.82) is 0 Å². The van der Waals surface area contributed by atoms with Crippen molar-refractivity contribution >= 4 is 8.07 Å². The second-order valence-corrected chi connectivity index (χ2v) is 12.2. The van der Waals surface area contributed by atoms with Crippen molar-refractivity contribution in [2.75, 3.05) is 19.3 Å². The van der Waals surface area contributed by atoms with Gasteiger partial charge in [0.2, 0.25) is 0 Å². The highest BCUT2D eigenvalue weighted by molar-refractivity contribution is 6.80.